The van der Waals surface area contributed by atoms with Gasteiger partial charge in [0.15, 0.2) is 0 Å². The number of benzene rings is 1. The number of nitrogens with one attached hydrogen (secondary N) is 1. The molecule has 1 aliphatic heterocycles. The second kappa shape index (κ2) is 5.06. The average molecular weight is 300 g/mol. The smallest absolute Gasteiger partial charge is 0.335 e. The first-order chi connectivity index (χ1) is 8.08. The highest BCUT2D eigenvalue weighted by atomic mass is 79.9. The van der Waals surface area contributed by atoms with E-state index >= 15 is 0 Å². The van der Waals surface area contributed by atoms with Crippen LogP contribution in [0.1, 0.15) is 23.7 Å². The molecule has 1 aromatic carbocycles. The number of hydrogen-bond acceptors (Lipinski definition) is 3. The molecule has 0 aromatic heterocycles. The first kappa shape index (κ1) is 12.4. The van der Waals surface area contributed by atoms with Gasteiger partial charge in [-0.05, 0) is 47.5 Å². The number of hydrogen-bond donors (Lipinski definition) is 2. The maximum Gasteiger partial charge on any atom is 0.335 e. The minimum atomic E-state index is -0.921. The molecule has 2 unspecified atom stereocenters. The van der Waals surface area contributed by atoms with E-state index in [0.717, 1.165) is 23.2 Å². The summed E-state index contributed by atoms with van der Waals surface area (Å²) in [5.41, 5.74) is 1.18. The Morgan fingerprint density at radius 3 is 2.88 bits per heavy atom. The van der Waals surface area contributed by atoms with Gasteiger partial charge in [-0.3, -0.25) is 0 Å². The van der Waals surface area contributed by atoms with E-state index in [4.69, 9.17) is 9.84 Å². The first-order valence-corrected chi connectivity index (χ1v) is 6.28. The van der Waals surface area contributed by atoms with E-state index in [1.165, 1.54) is 0 Å². The van der Waals surface area contributed by atoms with Gasteiger partial charge >= 0.3 is 5.97 Å². The Kier molecular flexibility index (Phi) is 3.69. The van der Waals surface area contributed by atoms with E-state index in [1.807, 2.05) is 6.92 Å². The summed E-state index contributed by atoms with van der Waals surface area (Å²) >= 11 is 3.38. The molecule has 2 rings (SSSR count). The van der Waals surface area contributed by atoms with E-state index in [9.17, 15) is 4.79 Å². The lowest BCUT2D eigenvalue weighted by molar-refractivity contribution is 0.0697. The number of halogens is 1. The maximum atomic E-state index is 10.8. The van der Waals surface area contributed by atoms with Crippen LogP contribution in [0, 0.1) is 0 Å². The molecular weight excluding hydrogens is 286 g/mol. The molecule has 1 aromatic rings. The van der Waals surface area contributed by atoms with Crippen LogP contribution in [0.5, 0.6) is 0 Å². The average Bonchev–Trinajstić information content (AvgIpc) is 2.67. The number of carbonyl (C=O) groups is 1. The number of rotatable bonds is 3. The van der Waals surface area contributed by atoms with E-state index in [2.05, 4.69) is 21.2 Å². The van der Waals surface area contributed by atoms with Crippen molar-refractivity contribution < 1.29 is 14.6 Å². The summed E-state index contributed by atoms with van der Waals surface area (Å²) in [5, 5.41) is 12.2. The van der Waals surface area contributed by atoms with Gasteiger partial charge < -0.3 is 15.2 Å². The van der Waals surface area contributed by atoms with Crippen molar-refractivity contribution in [3.63, 3.8) is 0 Å². The Balaban J connectivity index is 2.14. The molecule has 0 saturated carbocycles. The fraction of sp³-hybridized carbons (Fsp3) is 0.417. The second-order valence-corrected chi connectivity index (χ2v) is 4.97. The zero-order valence-electron chi connectivity index (χ0n) is 9.44. The third-order valence-corrected chi connectivity index (χ3v) is 3.59. The summed E-state index contributed by atoms with van der Waals surface area (Å²) in [6.07, 6.45) is 1.15. The minimum absolute atomic E-state index is 0.182. The number of carboxylic acid groups (broad SMARTS) is 1. The summed E-state index contributed by atoms with van der Waals surface area (Å²) in [6.45, 7) is 2.80. The van der Waals surface area contributed by atoms with Gasteiger partial charge in [0.2, 0.25) is 0 Å². The summed E-state index contributed by atoms with van der Waals surface area (Å²) in [5.74, 6) is -0.921. The van der Waals surface area contributed by atoms with E-state index in [0.29, 0.717) is 0 Å². The van der Waals surface area contributed by atoms with Crippen LogP contribution < -0.4 is 5.32 Å². The molecule has 0 spiro atoms. The SMILES string of the molecule is CC1OCCC1Nc1ccc(C(=O)O)cc1Br. The van der Waals surface area contributed by atoms with Gasteiger partial charge in [0.1, 0.15) is 0 Å². The Morgan fingerprint density at radius 1 is 1.59 bits per heavy atom. The van der Waals surface area contributed by atoms with E-state index in [1.54, 1.807) is 18.2 Å². The fourth-order valence-electron chi connectivity index (χ4n) is 1.89. The highest BCUT2D eigenvalue weighted by Gasteiger charge is 2.24. The Labute approximate surface area is 108 Å². The summed E-state index contributed by atoms with van der Waals surface area (Å²) in [6, 6.07) is 5.25. The van der Waals surface area contributed by atoms with Crippen LogP contribution >= 0.6 is 15.9 Å². The normalized spacial score (nSPS) is 23.6. The van der Waals surface area contributed by atoms with Crippen LogP contribution in [0.2, 0.25) is 0 Å². The van der Waals surface area contributed by atoms with Crippen molar-refractivity contribution in [2.24, 2.45) is 0 Å². The Bertz CT molecular complexity index is 436. The summed E-state index contributed by atoms with van der Waals surface area (Å²) in [7, 11) is 0. The third kappa shape index (κ3) is 2.79. The Morgan fingerprint density at radius 2 is 2.35 bits per heavy atom. The highest BCUT2D eigenvalue weighted by Crippen LogP contribution is 2.27. The van der Waals surface area contributed by atoms with Crippen molar-refractivity contribution in [3.8, 4) is 0 Å². The predicted molar refractivity (Wildman–Crippen MR) is 68.5 cm³/mol. The van der Waals surface area contributed by atoms with Gasteiger partial charge in [0, 0.05) is 16.8 Å². The van der Waals surface area contributed by atoms with E-state index < -0.39 is 5.97 Å². The molecule has 5 heteroatoms. The van der Waals surface area contributed by atoms with Gasteiger partial charge in [-0.1, -0.05) is 0 Å². The highest BCUT2D eigenvalue weighted by molar-refractivity contribution is 9.10. The maximum absolute atomic E-state index is 10.8. The molecule has 0 aliphatic carbocycles. The van der Waals surface area contributed by atoms with Crippen molar-refractivity contribution in [1.29, 1.82) is 0 Å². The largest absolute Gasteiger partial charge is 0.478 e. The second-order valence-electron chi connectivity index (χ2n) is 4.12. The Hall–Kier alpha value is -1.07. The topological polar surface area (TPSA) is 58.6 Å². The number of anilines is 1. The standard InChI is InChI=1S/C12H14BrNO3/c1-7-10(4-5-17-7)14-11-3-2-8(12(15)16)6-9(11)13/h2-3,6-7,10,14H,4-5H2,1H3,(H,15,16). The lowest BCUT2D eigenvalue weighted by Crippen LogP contribution is -2.26. The van der Waals surface area contributed by atoms with Gasteiger partial charge in [0.25, 0.3) is 0 Å². The zero-order valence-corrected chi connectivity index (χ0v) is 11.0. The quantitative estimate of drug-likeness (QED) is 0.901. The van der Waals surface area contributed by atoms with Crippen LogP contribution in [-0.2, 0) is 4.74 Å². The van der Waals surface area contributed by atoms with Gasteiger partial charge in [-0.2, -0.15) is 0 Å². The molecule has 0 bridgehead atoms. The van der Waals surface area contributed by atoms with Crippen LogP contribution in [0.4, 0.5) is 5.69 Å². The van der Waals surface area contributed by atoms with Crippen molar-refractivity contribution >= 4 is 27.6 Å². The van der Waals surface area contributed by atoms with Gasteiger partial charge in [-0.25, -0.2) is 4.79 Å². The molecule has 0 radical (unpaired) electrons. The molecule has 1 saturated heterocycles. The number of carboxylic acids is 1. The van der Waals surface area contributed by atoms with Crippen molar-refractivity contribution in [2.75, 3.05) is 11.9 Å². The monoisotopic (exact) mass is 299 g/mol. The van der Waals surface area contributed by atoms with Crippen LogP contribution in [0.3, 0.4) is 0 Å². The van der Waals surface area contributed by atoms with Gasteiger partial charge in [0.05, 0.1) is 17.7 Å². The predicted octanol–water partition coefficient (Wildman–Crippen LogP) is 2.74. The molecule has 1 aliphatic rings. The molecule has 17 heavy (non-hydrogen) atoms. The molecule has 4 nitrogen and oxygen atoms in total. The molecular formula is C12H14BrNO3. The minimum Gasteiger partial charge on any atom is -0.478 e. The van der Waals surface area contributed by atoms with Crippen LogP contribution in [0.15, 0.2) is 22.7 Å². The first-order valence-electron chi connectivity index (χ1n) is 5.49. The molecule has 1 fully saturated rings. The molecule has 2 atom stereocenters. The van der Waals surface area contributed by atoms with Crippen LogP contribution in [0.25, 0.3) is 0 Å². The fourth-order valence-corrected chi connectivity index (χ4v) is 2.38. The third-order valence-electron chi connectivity index (χ3n) is 2.93. The van der Waals surface area contributed by atoms with E-state index in [-0.39, 0.29) is 17.7 Å². The van der Waals surface area contributed by atoms with Gasteiger partial charge in [-0.15, -0.1) is 0 Å². The molecule has 0 amide bonds. The molecule has 92 valence electrons. The lowest BCUT2D eigenvalue weighted by atomic mass is 10.1. The number of ether oxygens (including phenoxy) is 1. The lowest BCUT2D eigenvalue weighted by Gasteiger charge is -2.18. The molecule has 2 N–H and O–H groups in total. The molecule has 1 heterocycles. The van der Waals surface area contributed by atoms with Crippen molar-refractivity contribution in [3.05, 3.63) is 28.2 Å². The van der Waals surface area contributed by atoms with Crippen molar-refractivity contribution in [2.45, 2.75) is 25.5 Å². The summed E-state index contributed by atoms with van der Waals surface area (Å²) < 4.78 is 6.23. The summed E-state index contributed by atoms with van der Waals surface area (Å²) in [4.78, 5) is 10.8. The van der Waals surface area contributed by atoms with Crippen LogP contribution in [-0.4, -0.2) is 29.8 Å². The van der Waals surface area contributed by atoms with Crippen molar-refractivity contribution in [1.82, 2.24) is 0 Å². The number of aromatic carboxylic acids is 1. The zero-order chi connectivity index (χ0) is 12.4.